The fraction of sp³-hybridized carbons (Fsp3) is 0.600. The first-order valence-electron chi connectivity index (χ1n) is 2.62. The molecule has 0 aromatic carbocycles. The smallest absolute Gasteiger partial charge is 0.148 e. The molecule has 0 bridgehead atoms. The second-order valence-electron chi connectivity index (χ2n) is 2.04. The maximum Gasteiger partial charge on any atom is 0.148 e. The van der Waals surface area contributed by atoms with E-state index in [9.17, 15) is 4.39 Å². The maximum absolute atomic E-state index is 12.6. The average molecular weight is 195 g/mol. The lowest BCUT2D eigenvalue weighted by Gasteiger charge is -2.20. The van der Waals surface area contributed by atoms with Gasteiger partial charge in [-0.1, -0.05) is 0 Å². The van der Waals surface area contributed by atoms with Gasteiger partial charge in [-0.2, -0.15) is 0 Å². The lowest BCUT2D eigenvalue weighted by atomic mass is 10.6. The number of halogens is 2. The van der Waals surface area contributed by atoms with Crippen molar-refractivity contribution in [3.8, 4) is 0 Å². The molecule has 1 aliphatic heterocycles. The van der Waals surface area contributed by atoms with E-state index >= 15 is 0 Å². The van der Waals surface area contributed by atoms with Crippen molar-refractivity contribution >= 4 is 15.9 Å². The van der Waals surface area contributed by atoms with Gasteiger partial charge in [0.15, 0.2) is 0 Å². The number of nitrogens with zero attached hydrogens (tertiary/aromatic N) is 2. The van der Waals surface area contributed by atoms with Gasteiger partial charge in [0.1, 0.15) is 10.4 Å². The standard InChI is InChI=1S/C5H8BrFN2/c1-8-3-4(7)5(6)9(8)2/h3H2,1-2H3. The molecule has 1 heterocycles. The summed E-state index contributed by atoms with van der Waals surface area (Å²) in [6, 6.07) is 0. The van der Waals surface area contributed by atoms with Crippen LogP contribution >= 0.6 is 15.9 Å². The van der Waals surface area contributed by atoms with Gasteiger partial charge < -0.3 is 0 Å². The molecule has 1 aliphatic rings. The molecule has 9 heavy (non-hydrogen) atoms. The molecule has 0 spiro atoms. The maximum atomic E-state index is 12.6. The molecule has 2 nitrogen and oxygen atoms in total. The van der Waals surface area contributed by atoms with E-state index in [4.69, 9.17) is 0 Å². The monoisotopic (exact) mass is 194 g/mol. The van der Waals surface area contributed by atoms with Gasteiger partial charge in [-0.05, 0) is 15.9 Å². The van der Waals surface area contributed by atoms with Crippen LogP contribution in [0.15, 0.2) is 10.4 Å². The van der Waals surface area contributed by atoms with E-state index in [1.54, 1.807) is 17.1 Å². The summed E-state index contributed by atoms with van der Waals surface area (Å²) in [4.78, 5) is 0. The summed E-state index contributed by atoms with van der Waals surface area (Å²) in [5.41, 5.74) is 0. The molecular formula is C5H8BrFN2. The van der Waals surface area contributed by atoms with Gasteiger partial charge in [0.05, 0.1) is 6.54 Å². The van der Waals surface area contributed by atoms with E-state index in [0.717, 1.165) is 0 Å². The molecule has 0 N–H and O–H groups in total. The van der Waals surface area contributed by atoms with Crippen LogP contribution in [0.1, 0.15) is 0 Å². The SMILES string of the molecule is CN1CC(F)=C(Br)N1C. The van der Waals surface area contributed by atoms with Crippen LogP contribution in [-0.2, 0) is 0 Å². The molecule has 0 amide bonds. The third-order valence-corrected chi connectivity index (χ3v) is 2.33. The fourth-order valence-corrected chi connectivity index (χ4v) is 1.09. The van der Waals surface area contributed by atoms with Crippen molar-refractivity contribution in [3.63, 3.8) is 0 Å². The second kappa shape index (κ2) is 2.27. The molecule has 0 saturated carbocycles. The summed E-state index contributed by atoms with van der Waals surface area (Å²) in [5, 5.41) is 3.49. The zero-order chi connectivity index (χ0) is 7.02. The minimum absolute atomic E-state index is 0.111. The minimum Gasteiger partial charge on any atom is -0.300 e. The highest BCUT2D eigenvalue weighted by Gasteiger charge is 2.21. The Labute approximate surface area is 62.0 Å². The topological polar surface area (TPSA) is 6.48 Å². The Morgan fingerprint density at radius 3 is 2.22 bits per heavy atom. The van der Waals surface area contributed by atoms with Gasteiger partial charge in [-0.15, -0.1) is 0 Å². The molecule has 0 aromatic rings. The number of likely N-dealkylation sites (N-methyl/N-ethyl adjacent to an activating group) is 1. The molecule has 0 fully saturated rings. The van der Waals surface area contributed by atoms with Crippen molar-refractivity contribution in [2.24, 2.45) is 0 Å². The Morgan fingerprint density at radius 2 is 2.11 bits per heavy atom. The van der Waals surface area contributed by atoms with E-state index in [-0.39, 0.29) is 5.83 Å². The van der Waals surface area contributed by atoms with Crippen LogP contribution < -0.4 is 0 Å². The Bertz CT molecular complexity index is 157. The van der Waals surface area contributed by atoms with Crippen LogP contribution in [0.4, 0.5) is 4.39 Å². The van der Waals surface area contributed by atoms with E-state index < -0.39 is 0 Å². The van der Waals surface area contributed by atoms with Crippen molar-refractivity contribution in [3.05, 3.63) is 10.4 Å². The Hall–Kier alpha value is -0.0900. The van der Waals surface area contributed by atoms with Crippen LogP contribution in [0.25, 0.3) is 0 Å². The third-order valence-electron chi connectivity index (χ3n) is 1.39. The summed E-state index contributed by atoms with van der Waals surface area (Å²) in [6.45, 7) is 0.372. The highest BCUT2D eigenvalue weighted by atomic mass is 79.9. The van der Waals surface area contributed by atoms with Crippen LogP contribution in [0.5, 0.6) is 0 Å². The average Bonchev–Trinajstić information content (AvgIpc) is 1.98. The number of rotatable bonds is 0. The van der Waals surface area contributed by atoms with Gasteiger partial charge in [0.25, 0.3) is 0 Å². The quantitative estimate of drug-likeness (QED) is 0.537. The molecule has 0 unspecified atom stereocenters. The van der Waals surface area contributed by atoms with Crippen LogP contribution in [0.2, 0.25) is 0 Å². The molecule has 52 valence electrons. The van der Waals surface area contributed by atoms with Crippen LogP contribution in [-0.4, -0.2) is 30.7 Å². The van der Waals surface area contributed by atoms with Gasteiger partial charge in [0.2, 0.25) is 0 Å². The first kappa shape index (κ1) is 7.02. The number of hydrogen-bond acceptors (Lipinski definition) is 2. The van der Waals surface area contributed by atoms with Crippen molar-refractivity contribution in [2.45, 2.75) is 0 Å². The van der Waals surface area contributed by atoms with E-state index in [0.29, 0.717) is 11.2 Å². The van der Waals surface area contributed by atoms with Gasteiger partial charge >= 0.3 is 0 Å². The highest BCUT2D eigenvalue weighted by molar-refractivity contribution is 9.11. The Balaban J connectivity index is 2.74. The van der Waals surface area contributed by atoms with Crippen molar-refractivity contribution in [1.82, 2.24) is 10.0 Å². The molecule has 0 aromatic heterocycles. The lowest BCUT2D eigenvalue weighted by Crippen LogP contribution is -2.28. The lowest BCUT2D eigenvalue weighted by molar-refractivity contribution is 0.111. The summed E-state index contributed by atoms with van der Waals surface area (Å²) in [5.74, 6) is -0.111. The molecule has 0 saturated heterocycles. The predicted molar refractivity (Wildman–Crippen MR) is 37.5 cm³/mol. The molecule has 0 aliphatic carbocycles. The fourth-order valence-electron chi connectivity index (χ4n) is 0.698. The summed E-state index contributed by atoms with van der Waals surface area (Å²) < 4.78 is 13.1. The van der Waals surface area contributed by atoms with E-state index in [2.05, 4.69) is 15.9 Å². The van der Waals surface area contributed by atoms with Crippen LogP contribution in [0.3, 0.4) is 0 Å². The minimum atomic E-state index is -0.111. The normalized spacial score (nSPS) is 22.0. The third kappa shape index (κ3) is 1.09. The highest BCUT2D eigenvalue weighted by Crippen LogP contribution is 2.25. The number of hydrogen-bond donors (Lipinski definition) is 0. The van der Waals surface area contributed by atoms with Gasteiger partial charge in [-0.25, -0.2) is 9.40 Å². The van der Waals surface area contributed by atoms with E-state index in [1.165, 1.54) is 0 Å². The first-order chi connectivity index (χ1) is 4.13. The first-order valence-corrected chi connectivity index (χ1v) is 3.41. The molecule has 0 radical (unpaired) electrons. The van der Waals surface area contributed by atoms with Gasteiger partial charge in [0, 0.05) is 14.1 Å². The van der Waals surface area contributed by atoms with Gasteiger partial charge in [-0.3, -0.25) is 5.01 Å². The van der Waals surface area contributed by atoms with Crippen molar-refractivity contribution in [1.29, 1.82) is 0 Å². The van der Waals surface area contributed by atoms with Crippen LogP contribution in [0, 0.1) is 0 Å². The summed E-state index contributed by atoms with van der Waals surface area (Å²) >= 11 is 3.10. The van der Waals surface area contributed by atoms with Crippen molar-refractivity contribution < 1.29 is 4.39 Å². The van der Waals surface area contributed by atoms with Crippen molar-refractivity contribution in [2.75, 3.05) is 20.6 Å². The second-order valence-corrected chi connectivity index (χ2v) is 2.79. The largest absolute Gasteiger partial charge is 0.300 e. The Kier molecular flexibility index (Phi) is 1.77. The van der Waals surface area contributed by atoms with E-state index in [1.807, 2.05) is 7.05 Å². The molecular weight excluding hydrogens is 187 g/mol. The summed E-state index contributed by atoms with van der Waals surface area (Å²) in [6.07, 6.45) is 0. The Morgan fingerprint density at radius 1 is 1.56 bits per heavy atom. The number of hydrazine groups is 1. The molecule has 0 atom stereocenters. The molecule has 1 rings (SSSR count). The zero-order valence-electron chi connectivity index (χ0n) is 5.36. The summed E-state index contributed by atoms with van der Waals surface area (Å²) in [7, 11) is 3.63. The molecule has 4 heteroatoms. The predicted octanol–water partition coefficient (Wildman–Crippen LogP) is 1.31. The zero-order valence-corrected chi connectivity index (χ0v) is 6.94.